The number of aromatic nitrogens is 2. The maximum atomic E-state index is 9.66. The van der Waals surface area contributed by atoms with Crippen LogP contribution in [-0.4, -0.2) is 16.4 Å². The van der Waals surface area contributed by atoms with E-state index in [1.54, 1.807) is 12.3 Å². The fraction of sp³-hybridized carbons (Fsp3) is 0.294. The van der Waals surface area contributed by atoms with Crippen molar-refractivity contribution in [3.63, 3.8) is 0 Å². The average Bonchev–Trinajstić information content (AvgIpc) is 3.05. The summed E-state index contributed by atoms with van der Waals surface area (Å²) in [5.74, 6) is 0. The van der Waals surface area contributed by atoms with E-state index in [0.29, 0.717) is 10.8 Å². The Morgan fingerprint density at radius 3 is 2.74 bits per heavy atom. The van der Waals surface area contributed by atoms with Crippen LogP contribution in [0.2, 0.25) is 5.15 Å². The van der Waals surface area contributed by atoms with Gasteiger partial charge in [-0.3, -0.25) is 0 Å². The van der Waals surface area contributed by atoms with Crippen LogP contribution in [0.1, 0.15) is 36.8 Å². The lowest BCUT2D eigenvalue weighted by Gasteiger charge is -2.22. The minimum atomic E-state index is -0.412. The molecule has 1 aliphatic rings. The number of benzene rings is 1. The summed E-state index contributed by atoms with van der Waals surface area (Å²) in [5.41, 5.74) is 2.79. The highest BCUT2D eigenvalue weighted by molar-refractivity contribution is 6.29. The molecule has 0 amide bonds. The molecule has 1 heterocycles. The summed E-state index contributed by atoms with van der Waals surface area (Å²) in [6.07, 6.45) is 6.78. The molecule has 3 rings (SSSR count). The molecule has 0 aliphatic heterocycles. The number of nitriles is 1. The zero-order valence-electron chi connectivity index (χ0n) is 12.5. The number of halogens is 1. The lowest BCUT2D eigenvalue weighted by molar-refractivity contribution is 0.573. The molecule has 2 N–H and O–H groups in total. The minimum absolute atomic E-state index is 0.298. The molecule has 5 nitrogen and oxygen atoms in total. The molecule has 0 saturated heterocycles. The maximum Gasteiger partial charge on any atom is 0.153 e. The first-order valence-corrected chi connectivity index (χ1v) is 7.86. The molecule has 0 radical (unpaired) electrons. The van der Waals surface area contributed by atoms with Gasteiger partial charge < -0.3 is 10.7 Å². The van der Waals surface area contributed by atoms with Crippen LogP contribution in [-0.2, 0) is 5.41 Å². The van der Waals surface area contributed by atoms with Crippen LogP contribution >= 0.6 is 11.6 Å². The van der Waals surface area contributed by atoms with Crippen molar-refractivity contribution in [2.24, 2.45) is 0 Å². The van der Waals surface area contributed by atoms with Crippen LogP contribution in [0.3, 0.4) is 0 Å². The maximum absolute atomic E-state index is 9.66. The molecule has 0 atom stereocenters. The second-order valence-corrected chi connectivity index (χ2v) is 6.13. The van der Waals surface area contributed by atoms with E-state index >= 15 is 0 Å². The summed E-state index contributed by atoms with van der Waals surface area (Å²) < 4.78 is 0. The molecule has 1 aromatic heterocycles. The Morgan fingerprint density at radius 2 is 2.09 bits per heavy atom. The lowest BCUT2D eigenvalue weighted by atomic mass is 9.80. The topological polar surface area (TPSA) is 85.5 Å². The van der Waals surface area contributed by atoms with Gasteiger partial charge in [0, 0.05) is 23.5 Å². The average molecular weight is 326 g/mol. The van der Waals surface area contributed by atoms with Gasteiger partial charge in [0.25, 0.3) is 0 Å². The highest BCUT2D eigenvalue weighted by Gasteiger charge is 2.36. The molecule has 1 aromatic carbocycles. The Hall–Kier alpha value is -2.45. The van der Waals surface area contributed by atoms with Gasteiger partial charge >= 0.3 is 0 Å². The minimum Gasteiger partial charge on any atom is -0.354 e. The van der Waals surface area contributed by atoms with Crippen molar-refractivity contribution < 1.29 is 0 Å². The van der Waals surface area contributed by atoms with Crippen molar-refractivity contribution in [2.75, 3.05) is 5.32 Å². The molecule has 1 saturated carbocycles. The van der Waals surface area contributed by atoms with Gasteiger partial charge in [-0.1, -0.05) is 36.6 Å². The first-order chi connectivity index (χ1) is 11.2. The Morgan fingerprint density at radius 1 is 1.30 bits per heavy atom. The first-order valence-electron chi connectivity index (χ1n) is 7.48. The normalized spacial score (nSPS) is 15.8. The number of hydrogen-bond acceptors (Lipinski definition) is 5. The van der Waals surface area contributed by atoms with Crippen molar-refractivity contribution in [1.82, 2.24) is 10.2 Å². The van der Waals surface area contributed by atoms with Crippen molar-refractivity contribution in [3.05, 3.63) is 46.7 Å². The summed E-state index contributed by atoms with van der Waals surface area (Å²) in [5, 5.41) is 28.3. The van der Waals surface area contributed by atoms with Crippen LogP contribution in [0.25, 0.3) is 0 Å². The number of nitrogens with one attached hydrogen (secondary N) is 2. The third-order valence-electron chi connectivity index (χ3n) is 4.34. The first kappa shape index (κ1) is 15.4. The number of hydrogen-bond donors (Lipinski definition) is 2. The van der Waals surface area contributed by atoms with Gasteiger partial charge in [0.2, 0.25) is 0 Å². The Kier molecular flexibility index (Phi) is 4.26. The molecule has 0 spiro atoms. The van der Waals surface area contributed by atoms with Gasteiger partial charge in [0.05, 0.1) is 23.4 Å². The van der Waals surface area contributed by atoms with Crippen molar-refractivity contribution in [1.29, 1.82) is 10.7 Å². The highest BCUT2D eigenvalue weighted by atomic mass is 35.5. The molecular weight excluding hydrogens is 310 g/mol. The van der Waals surface area contributed by atoms with E-state index in [2.05, 4.69) is 21.6 Å². The second kappa shape index (κ2) is 6.35. The molecule has 1 fully saturated rings. The van der Waals surface area contributed by atoms with E-state index in [1.165, 1.54) is 6.21 Å². The molecule has 1 aliphatic carbocycles. The van der Waals surface area contributed by atoms with Gasteiger partial charge in [-0.15, -0.1) is 5.10 Å². The van der Waals surface area contributed by atoms with Crippen LogP contribution in [0.5, 0.6) is 0 Å². The number of rotatable bonds is 4. The predicted molar refractivity (Wildman–Crippen MR) is 90.4 cm³/mol. The van der Waals surface area contributed by atoms with E-state index in [4.69, 9.17) is 17.0 Å². The van der Waals surface area contributed by atoms with E-state index in [-0.39, 0.29) is 0 Å². The number of anilines is 2. The molecule has 0 unspecified atom stereocenters. The van der Waals surface area contributed by atoms with Gasteiger partial charge in [0.15, 0.2) is 5.15 Å². The van der Waals surface area contributed by atoms with E-state index < -0.39 is 5.41 Å². The molecule has 116 valence electrons. The van der Waals surface area contributed by atoms with Crippen LogP contribution in [0.4, 0.5) is 11.4 Å². The van der Waals surface area contributed by atoms with E-state index in [1.807, 2.05) is 18.2 Å². The standard InChI is InChI=1S/C17H16ClN5/c18-16-8-14(10-21-23-16)22-15-7-13(4-3-12(15)9-19)17(11-20)5-1-2-6-17/h3-4,7-10,19H,1-2,5-6H2,(H,22,23). The summed E-state index contributed by atoms with van der Waals surface area (Å²) >= 11 is 5.86. The van der Waals surface area contributed by atoms with Crippen molar-refractivity contribution in [3.8, 4) is 6.07 Å². The summed E-state index contributed by atoms with van der Waals surface area (Å²) in [6.45, 7) is 0. The molecule has 2 aromatic rings. The zero-order chi connectivity index (χ0) is 16.3. The highest BCUT2D eigenvalue weighted by Crippen LogP contribution is 2.41. The molecule has 23 heavy (non-hydrogen) atoms. The third-order valence-corrected chi connectivity index (χ3v) is 4.52. The van der Waals surface area contributed by atoms with E-state index in [9.17, 15) is 5.26 Å². The quantitative estimate of drug-likeness (QED) is 0.825. The Labute approximate surface area is 139 Å². The summed E-state index contributed by atoms with van der Waals surface area (Å²) in [4.78, 5) is 0. The van der Waals surface area contributed by atoms with Crippen LogP contribution in [0, 0.1) is 16.7 Å². The fourth-order valence-corrected chi connectivity index (χ4v) is 3.26. The summed E-state index contributed by atoms with van der Waals surface area (Å²) in [6, 6.07) is 9.97. The SMILES string of the molecule is N#CC1(c2ccc(C=N)c(Nc3cnnc(Cl)c3)c2)CCCC1. The Balaban J connectivity index is 2.00. The van der Waals surface area contributed by atoms with E-state index in [0.717, 1.165) is 42.5 Å². The molecule has 0 bridgehead atoms. The van der Waals surface area contributed by atoms with Gasteiger partial charge in [-0.05, 0) is 24.5 Å². The predicted octanol–water partition coefficient (Wildman–Crippen LogP) is 4.21. The lowest BCUT2D eigenvalue weighted by Crippen LogP contribution is -2.19. The fourth-order valence-electron chi connectivity index (χ4n) is 3.10. The molecular formula is C17H16ClN5. The second-order valence-electron chi connectivity index (χ2n) is 5.74. The van der Waals surface area contributed by atoms with Gasteiger partial charge in [-0.25, -0.2) is 0 Å². The third kappa shape index (κ3) is 3.03. The summed E-state index contributed by atoms with van der Waals surface area (Å²) in [7, 11) is 0. The van der Waals surface area contributed by atoms with Gasteiger partial charge in [-0.2, -0.15) is 10.4 Å². The monoisotopic (exact) mass is 325 g/mol. The van der Waals surface area contributed by atoms with Crippen LogP contribution in [0.15, 0.2) is 30.5 Å². The van der Waals surface area contributed by atoms with Crippen molar-refractivity contribution >= 4 is 29.2 Å². The van der Waals surface area contributed by atoms with Crippen LogP contribution < -0.4 is 5.32 Å². The van der Waals surface area contributed by atoms with Crippen molar-refractivity contribution in [2.45, 2.75) is 31.1 Å². The molecule has 6 heteroatoms. The smallest absolute Gasteiger partial charge is 0.153 e. The Bertz CT molecular complexity index is 775. The zero-order valence-corrected chi connectivity index (χ0v) is 13.3. The largest absolute Gasteiger partial charge is 0.354 e. The number of nitrogens with zero attached hydrogens (tertiary/aromatic N) is 3. The van der Waals surface area contributed by atoms with Gasteiger partial charge in [0.1, 0.15) is 0 Å².